The van der Waals surface area contributed by atoms with E-state index < -0.39 is 0 Å². The van der Waals surface area contributed by atoms with E-state index in [1.54, 1.807) is 18.6 Å². The van der Waals surface area contributed by atoms with Gasteiger partial charge in [-0.3, -0.25) is 9.78 Å². The van der Waals surface area contributed by atoms with Gasteiger partial charge in [-0.15, -0.1) is 0 Å². The lowest BCUT2D eigenvalue weighted by atomic mass is 10.2. The summed E-state index contributed by atoms with van der Waals surface area (Å²) in [6.07, 6.45) is 9.52. The van der Waals surface area contributed by atoms with Crippen molar-refractivity contribution in [3.05, 3.63) is 48.0 Å². The molecule has 1 aliphatic rings. The molecule has 0 bridgehead atoms. The van der Waals surface area contributed by atoms with Gasteiger partial charge in [0.2, 0.25) is 5.95 Å². The molecule has 0 unspecified atom stereocenters. The first-order valence-corrected chi connectivity index (χ1v) is 8.08. The number of nitrogens with zero attached hydrogens (tertiary/aromatic N) is 4. The van der Waals surface area contributed by atoms with Crippen molar-refractivity contribution in [2.24, 2.45) is 0 Å². The molecule has 3 rings (SSSR count). The Labute approximate surface area is 136 Å². The zero-order chi connectivity index (χ0) is 15.9. The number of carbonyl (C=O) groups excluding carboxylic acids is 1. The lowest BCUT2D eigenvalue weighted by molar-refractivity contribution is 0.0761. The number of amides is 1. The van der Waals surface area contributed by atoms with Crippen LogP contribution in [0.4, 0.5) is 5.95 Å². The van der Waals surface area contributed by atoms with Crippen molar-refractivity contribution in [3.8, 4) is 0 Å². The van der Waals surface area contributed by atoms with Gasteiger partial charge < -0.3 is 10.2 Å². The van der Waals surface area contributed by atoms with Crippen LogP contribution in [0, 0.1) is 0 Å². The van der Waals surface area contributed by atoms with E-state index >= 15 is 0 Å². The molecule has 6 nitrogen and oxygen atoms in total. The molecule has 0 aromatic carbocycles. The fraction of sp³-hybridized carbons (Fsp3) is 0.412. The van der Waals surface area contributed by atoms with Crippen molar-refractivity contribution < 1.29 is 4.79 Å². The summed E-state index contributed by atoms with van der Waals surface area (Å²) in [5, 5.41) is 3.11. The van der Waals surface area contributed by atoms with Gasteiger partial charge in [-0.05, 0) is 25.0 Å². The summed E-state index contributed by atoms with van der Waals surface area (Å²) in [5.74, 6) is 0.534. The Morgan fingerprint density at radius 3 is 2.43 bits per heavy atom. The molecule has 1 saturated heterocycles. The van der Waals surface area contributed by atoms with Crippen molar-refractivity contribution in [1.29, 1.82) is 0 Å². The fourth-order valence-electron chi connectivity index (χ4n) is 2.66. The van der Waals surface area contributed by atoms with Crippen LogP contribution >= 0.6 is 0 Å². The Bertz CT molecular complexity index is 621. The van der Waals surface area contributed by atoms with E-state index in [9.17, 15) is 4.79 Å². The Hall–Kier alpha value is -2.50. The number of nitrogens with one attached hydrogen (secondary N) is 1. The van der Waals surface area contributed by atoms with E-state index in [1.165, 1.54) is 12.8 Å². The number of pyridine rings is 1. The highest BCUT2D eigenvalue weighted by molar-refractivity contribution is 5.93. The smallest absolute Gasteiger partial charge is 0.256 e. The van der Waals surface area contributed by atoms with Crippen LogP contribution in [0.15, 0.2) is 36.8 Å². The predicted octanol–water partition coefficient (Wildman–Crippen LogP) is 2.50. The van der Waals surface area contributed by atoms with Gasteiger partial charge in [0.05, 0.1) is 17.8 Å². The summed E-state index contributed by atoms with van der Waals surface area (Å²) in [6.45, 7) is 2.22. The number of hydrogen-bond acceptors (Lipinski definition) is 5. The van der Waals surface area contributed by atoms with Crippen LogP contribution < -0.4 is 5.32 Å². The molecular formula is C17H21N5O. The topological polar surface area (TPSA) is 71.0 Å². The monoisotopic (exact) mass is 311 g/mol. The van der Waals surface area contributed by atoms with Crippen LogP contribution in [-0.4, -0.2) is 38.8 Å². The van der Waals surface area contributed by atoms with Crippen molar-refractivity contribution in [2.75, 3.05) is 18.4 Å². The average Bonchev–Trinajstić information content (AvgIpc) is 2.90. The molecule has 0 saturated carbocycles. The molecule has 1 fully saturated rings. The van der Waals surface area contributed by atoms with Crippen LogP contribution in [0.3, 0.4) is 0 Å². The molecule has 23 heavy (non-hydrogen) atoms. The molecule has 0 atom stereocenters. The van der Waals surface area contributed by atoms with Gasteiger partial charge >= 0.3 is 0 Å². The Balaban J connectivity index is 1.59. The third kappa shape index (κ3) is 4.25. The van der Waals surface area contributed by atoms with Gasteiger partial charge in [-0.1, -0.05) is 18.9 Å². The lowest BCUT2D eigenvalue weighted by Crippen LogP contribution is -2.32. The van der Waals surface area contributed by atoms with Crippen molar-refractivity contribution >= 4 is 11.9 Å². The molecule has 3 heterocycles. The maximum Gasteiger partial charge on any atom is 0.256 e. The first-order valence-electron chi connectivity index (χ1n) is 8.08. The summed E-state index contributed by atoms with van der Waals surface area (Å²) in [6, 6.07) is 5.75. The Morgan fingerprint density at radius 1 is 1.04 bits per heavy atom. The van der Waals surface area contributed by atoms with Gasteiger partial charge in [0, 0.05) is 31.7 Å². The largest absolute Gasteiger partial charge is 0.349 e. The van der Waals surface area contributed by atoms with Crippen LogP contribution in [0.2, 0.25) is 0 Å². The zero-order valence-electron chi connectivity index (χ0n) is 13.1. The quantitative estimate of drug-likeness (QED) is 0.939. The molecule has 0 spiro atoms. The lowest BCUT2D eigenvalue weighted by Gasteiger charge is -2.19. The number of hydrogen-bond donors (Lipinski definition) is 1. The summed E-state index contributed by atoms with van der Waals surface area (Å²) < 4.78 is 0. The van der Waals surface area contributed by atoms with Gasteiger partial charge in [-0.2, -0.15) is 0 Å². The Kier molecular flexibility index (Phi) is 5.13. The molecule has 6 heteroatoms. The van der Waals surface area contributed by atoms with Crippen LogP contribution in [0.1, 0.15) is 41.7 Å². The molecule has 1 amide bonds. The van der Waals surface area contributed by atoms with Crippen molar-refractivity contribution in [3.63, 3.8) is 0 Å². The highest BCUT2D eigenvalue weighted by atomic mass is 16.2. The molecular weight excluding hydrogens is 290 g/mol. The standard InChI is InChI=1S/C17H21N5O/c23-16(22-9-5-1-2-6-10-22)14-11-19-17(20-12-14)21-13-15-7-3-4-8-18-15/h3-4,7-8,11-12H,1-2,5-6,9-10,13H2,(H,19,20,21). The second kappa shape index (κ2) is 7.67. The third-order valence-corrected chi connectivity index (χ3v) is 3.95. The summed E-state index contributed by atoms with van der Waals surface area (Å²) in [4.78, 5) is 27.1. The normalized spacial score (nSPS) is 15.0. The number of rotatable bonds is 4. The minimum Gasteiger partial charge on any atom is -0.349 e. The van der Waals surface area contributed by atoms with Crippen LogP contribution in [0.25, 0.3) is 0 Å². The van der Waals surface area contributed by atoms with Crippen LogP contribution in [0.5, 0.6) is 0 Å². The minimum absolute atomic E-state index is 0.0307. The highest BCUT2D eigenvalue weighted by Gasteiger charge is 2.17. The molecule has 2 aromatic heterocycles. The van der Waals surface area contributed by atoms with Gasteiger partial charge in [-0.25, -0.2) is 9.97 Å². The number of carbonyl (C=O) groups is 1. The van der Waals surface area contributed by atoms with E-state index in [4.69, 9.17) is 0 Å². The molecule has 1 N–H and O–H groups in total. The first-order chi connectivity index (χ1) is 11.3. The second-order valence-corrected chi connectivity index (χ2v) is 5.68. The highest BCUT2D eigenvalue weighted by Crippen LogP contribution is 2.13. The molecule has 1 aliphatic heterocycles. The number of aromatic nitrogens is 3. The summed E-state index contributed by atoms with van der Waals surface area (Å²) in [5.41, 5.74) is 1.47. The maximum atomic E-state index is 12.5. The van der Waals surface area contributed by atoms with E-state index in [-0.39, 0.29) is 5.91 Å². The van der Waals surface area contributed by atoms with Crippen molar-refractivity contribution in [2.45, 2.75) is 32.2 Å². The van der Waals surface area contributed by atoms with Gasteiger partial charge in [0.25, 0.3) is 5.91 Å². The third-order valence-electron chi connectivity index (χ3n) is 3.95. The fourth-order valence-corrected chi connectivity index (χ4v) is 2.66. The summed E-state index contributed by atoms with van der Waals surface area (Å²) in [7, 11) is 0. The van der Waals surface area contributed by atoms with Gasteiger partial charge in [0.1, 0.15) is 0 Å². The number of anilines is 1. The predicted molar refractivity (Wildman–Crippen MR) is 88.0 cm³/mol. The molecule has 0 aliphatic carbocycles. The maximum absolute atomic E-state index is 12.5. The first kappa shape index (κ1) is 15.4. The average molecular weight is 311 g/mol. The SMILES string of the molecule is O=C(c1cnc(NCc2ccccn2)nc1)N1CCCCCC1. The number of likely N-dealkylation sites (tertiary alicyclic amines) is 1. The van der Waals surface area contributed by atoms with E-state index in [0.29, 0.717) is 18.1 Å². The minimum atomic E-state index is 0.0307. The summed E-state index contributed by atoms with van der Waals surface area (Å²) >= 11 is 0. The van der Waals surface area contributed by atoms with E-state index in [1.807, 2.05) is 23.1 Å². The molecule has 2 aromatic rings. The van der Waals surface area contributed by atoms with Crippen LogP contribution in [-0.2, 0) is 6.54 Å². The molecule has 120 valence electrons. The van der Waals surface area contributed by atoms with E-state index in [2.05, 4.69) is 20.3 Å². The van der Waals surface area contributed by atoms with Crippen molar-refractivity contribution in [1.82, 2.24) is 19.9 Å². The Morgan fingerprint density at radius 2 is 1.78 bits per heavy atom. The zero-order valence-corrected chi connectivity index (χ0v) is 13.1. The second-order valence-electron chi connectivity index (χ2n) is 5.68. The van der Waals surface area contributed by atoms with Gasteiger partial charge in [0.15, 0.2) is 0 Å². The van der Waals surface area contributed by atoms with E-state index in [0.717, 1.165) is 31.6 Å². The molecule has 0 radical (unpaired) electrons.